The predicted molar refractivity (Wildman–Crippen MR) is 118 cm³/mol. The molecule has 0 bridgehead atoms. The molecule has 1 aromatic heterocycles. The van der Waals surface area contributed by atoms with Crippen LogP contribution in [0.15, 0.2) is 53.7 Å². The number of rotatable bonds is 8. The van der Waals surface area contributed by atoms with E-state index in [1.807, 2.05) is 66.9 Å². The van der Waals surface area contributed by atoms with E-state index < -0.39 is 5.54 Å². The zero-order valence-corrected chi connectivity index (χ0v) is 17.9. The zero-order valence-electron chi connectivity index (χ0n) is 17.1. The van der Waals surface area contributed by atoms with Crippen molar-refractivity contribution in [1.82, 2.24) is 14.9 Å². The van der Waals surface area contributed by atoms with Crippen LogP contribution in [0.1, 0.15) is 26.7 Å². The molecule has 7 heteroatoms. The summed E-state index contributed by atoms with van der Waals surface area (Å²) in [4.78, 5) is 17.3. The number of nitrogens with one attached hydrogen (secondary N) is 1. The van der Waals surface area contributed by atoms with Crippen LogP contribution in [0, 0.1) is 17.2 Å². The van der Waals surface area contributed by atoms with Crippen LogP contribution >= 0.6 is 11.8 Å². The maximum atomic E-state index is 12.6. The fourth-order valence-electron chi connectivity index (χ4n) is 3.55. The summed E-state index contributed by atoms with van der Waals surface area (Å²) < 4.78 is 7.60. The number of carbonyl (C=O) groups is 1. The molecule has 1 aliphatic rings. The Kier molecular flexibility index (Phi) is 5.69. The number of thioether (sulfide) groups is 1. The van der Waals surface area contributed by atoms with Gasteiger partial charge in [0, 0.05) is 5.69 Å². The molecule has 3 aromatic rings. The molecule has 0 radical (unpaired) electrons. The van der Waals surface area contributed by atoms with Gasteiger partial charge in [0.15, 0.2) is 5.16 Å². The standard InChI is InChI=1S/C23H24N4O2S/c1-3-29-18-12-10-17(11-13-18)27-20-7-5-4-6-19(20)25-22(27)30-14-21(28)26-23(2,15-24)16-8-9-16/h4-7,10-13,16H,3,8-9,14H2,1-2H3,(H,26,28)/t23-/m0/s1. The largest absolute Gasteiger partial charge is 0.494 e. The van der Waals surface area contributed by atoms with Crippen molar-refractivity contribution in [3.05, 3.63) is 48.5 Å². The Balaban J connectivity index is 1.57. The highest BCUT2D eigenvalue weighted by Gasteiger charge is 2.42. The fourth-order valence-corrected chi connectivity index (χ4v) is 4.37. The molecule has 4 rings (SSSR count). The summed E-state index contributed by atoms with van der Waals surface area (Å²) >= 11 is 1.37. The third-order valence-corrected chi connectivity index (χ3v) is 6.23. The van der Waals surface area contributed by atoms with Crippen molar-refractivity contribution in [1.29, 1.82) is 5.26 Å². The second kappa shape index (κ2) is 8.41. The van der Waals surface area contributed by atoms with Crippen LogP contribution in [0.4, 0.5) is 0 Å². The number of imidazole rings is 1. The first-order valence-electron chi connectivity index (χ1n) is 10.1. The van der Waals surface area contributed by atoms with Gasteiger partial charge in [-0.3, -0.25) is 9.36 Å². The summed E-state index contributed by atoms with van der Waals surface area (Å²) in [6.07, 6.45) is 1.98. The maximum absolute atomic E-state index is 12.6. The molecule has 1 saturated carbocycles. The zero-order chi connectivity index (χ0) is 21.1. The minimum atomic E-state index is -0.785. The van der Waals surface area contributed by atoms with Crippen LogP contribution in [0.25, 0.3) is 16.7 Å². The molecule has 0 unspecified atom stereocenters. The number of fused-ring (bicyclic) bond motifs is 1. The molecule has 30 heavy (non-hydrogen) atoms. The van der Waals surface area contributed by atoms with E-state index >= 15 is 0 Å². The molecule has 1 amide bonds. The summed E-state index contributed by atoms with van der Waals surface area (Å²) in [6, 6.07) is 18.0. The van der Waals surface area contributed by atoms with E-state index in [2.05, 4.69) is 11.4 Å². The number of nitrogens with zero attached hydrogens (tertiary/aromatic N) is 3. The Morgan fingerprint density at radius 1 is 1.30 bits per heavy atom. The Morgan fingerprint density at radius 2 is 2.03 bits per heavy atom. The van der Waals surface area contributed by atoms with Gasteiger partial charge in [0.25, 0.3) is 0 Å². The van der Waals surface area contributed by atoms with Crippen LogP contribution in [0.3, 0.4) is 0 Å². The smallest absolute Gasteiger partial charge is 0.231 e. The average Bonchev–Trinajstić information content (AvgIpc) is 3.55. The lowest BCUT2D eigenvalue weighted by molar-refractivity contribution is -0.119. The summed E-state index contributed by atoms with van der Waals surface area (Å²) in [5.74, 6) is 1.12. The van der Waals surface area contributed by atoms with E-state index in [4.69, 9.17) is 9.72 Å². The molecule has 1 heterocycles. The number of hydrogen-bond acceptors (Lipinski definition) is 5. The van der Waals surface area contributed by atoms with Gasteiger partial charge in [-0.1, -0.05) is 23.9 Å². The maximum Gasteiger partial charge on any atom is 0.231 e. The Morgan fingerprint density at radius 3 is 2.70 bits per heavy atom. The first-order valence-corrected chi connectivity index (χ1v) is 11.1. The first-order chi connectivity index (χ1) is 14.5. The van der Waals surface area contributed by atoms with Gasteiger partial charge in [-0.2, -0.15) is 5.26 Å². The van der Waals surface area contributed by atoms with Gasteiger partial charge in [-0.15, -0.1) is 0 Å². The van der Waals surface area contributed by atoms with E-state index in [0.29, 0.717) is 6.61 Å². The van der Waals surface area contributed by atoms with Gasteiger partial charge < -0.3 is 10.1 Å². The minimum Gasteiger partial charge on any atom is -0.494 e. The highest BCUT2D eigenvalue weighted by molar-refractivity contribution is 7.99. The van der Waals surface area contributed by atoms with Crippen molar-refractivity contribution < 1.29 is 9.53 Å². The van der Waals surface area contributed by atoms with E-state index in [0.717, 1.165) is 40.5 Å². The lowest BCUT2D eigenvalue weighted by Gasteiger charge is -2.22. The number of ether oxygens (including phenoxy) is 1. The minimum absolute atomic E-state index is 0.152. The second-order valence-electron chi connectivity index (χ2n) is 7.57. The molecule has 1 aliphatic carbocycles. The molecular formula is C23H24N4O2S. The third-order valence-electron chi connectivity index (χ3n) is 5.29. The predicted octanol–water partition coefficient (Wildman–Crippen LogP) is 4.32. The molecular weight excluding hydrogens is 396 g/mol. The molecule has 1 N–H and O–H groups in total. The van der Waals surface area contributed by atoms with Crippen LogP contribution in [0.2, 0.25) is 0 Å². The normalized spacial score (nSPS) is 15.4. The summed E-state index contributed by atoms with van der Waals surface area (Å²) in [6.45, 7) is 4.38. The van der Waals surface area contributed by atoms with E-state index in [-0.39, 0.29) is 17.6 Å². The van der Waals surface area contributed by atoms with Crippen molar-refractivity contribution in [2.75, 3.05) is 12.4 Å². The van der Waals surface area contributed by atoms with Gasteiger partial charge in [-0.25, -0.2) is 4.98 Å². The van der Waals surface area contributed by atoms with Crippen LogP contribution < -0.4 is 10.1 Å². The molecule has 1 atom stereocenters. The second-order valence-corrected chi connectivity index (χ2v) is 8.51. The number of aromatic nitrogens is 2. The molecule has 0 spiro atoms. The quantitative estimate of drug-likeness (QED) is 0.549. The van der Waals surface area contributed by atoms with Gasteiger partial charge in [-0.05, 0) is 69.0 Å². The average molecular weight is 421 g/mol. The fraction of sp³-hybridized carbons (Fsp3) is 0.348. The van der Waals surface area contributed by atoms with Gasteiger partial charge in [0.2, 0.25) is 5.91 Å². The molecule has 0 saturated heterocycles. The molecule has 2 aromatic carbocycles. The number of para-hydroxylation sites is 2. The lowest BCUT2D eigenvalue weighted by atomic mass is 9.98. The Bertz CT molecular complexity index is 1100. The highest BCUT2D eigenvalue weighted by atomic mass is 32.2. The van der Waals surface area contributed by atoms with Crippen LogP contribution in [-0.4, -0.2) is 33.4 Å². The lowest BCUT2D eigenvalue weighted by Crippen LogP contribution is -2.47. The first kappa shape index (κ1) is 20.3. The van der Waals surface area contributed by atoms with Crippen molar-refractivity contribution in [3.63, 3.8) is 0 Å². The van der Waals surface area contributed by atoms with Crippen LogP contribution in [-0.2, 0) is 4.79 Å². The van der Waals surface area contributed by atoms with Crippen LogP contribution in [0.5, 0.6) is 5.75 Å². The summed E-state index contributed by atoms with van der Waals surface area (Å²) in [5, 5.41) is 13.1. The molecule has 154 valence electrons. The van der Waals surface area contributed by atoms with Gasteiger partial charge in [0.05, 0.1) is 29.5 Å². The SMILES string of the molecule is CCOc1ccc(-n2c(SCC(=O)N[C@@](C)(C#N)C3CC3)nc3ccccc32)cc1. The van der Waals surface area contributed by atoms with Crippen molar-refractivity contribution in [2.45, 2.75) is 37.4 Å². The van der Waals surface area contributed by atoms with E-state index in [9.17, 15) is 10.1 Å². The van der Waals surface area contributed by atoms with Gasteiger partial charge >= 0.3 is 0 Å². The van der Waals surface area contributed by atoms with Crippen molar-refractivity contribution >= 4 is 28.7 Å². The number of nitriles is 1. The van der Waals surface area contributed by atoms with Crippen molar-refractivity contribution in [3.8, 4) is 17.5 Å². The summed E-state index contributed by atoms with van der Waals surface area (Å²) in [5.41, 5.74) is 2.01. The number of carbonyl (C=O) groups excluding carboxylic acids is 1. The third kappa shape index (κ3) is 4.14. The van der Waals surface area contributed by atoms with E-state index in [1.165, 1.54) is 11.8 Å². The Labute approximate surface area is 180 Å². The topological polar surface area (TPSA) is 79.9 Å². The number of hydrogen-bond donors (Lipinski definition) is 1. The monoisotopic (exact) mass is 420 g/mol. The molecule has 6 nitrogen and oxygen atoms in total. The summed E-state index contributed by atoms with van der Waals surface area (Å²) in [7, 11) is 0. The number of benzene rings is 2. The van der Waals surface area contributed by atoms with E-state index in [1.54, 1.807) is 0 Å². The molecule has 1 fully saturated rings. The van der Waals surface area contributed by atoms with Crippen molar-refractivity contribution in [2.24, 2.45) is 5.92 Å². The van der Waals surface area contributed by atoms with Gasteiger partial charge in [0.1, 0.15) is 11.3 Å². The molecule has 0 aliphatic heterocycles. The number of amides is 1. The Hall–Kier alpha value is -2.98. The highest BCUT2D eigenvalue weighted by Crippen LogP contribution is 2.39.